The second-order valence-corrected chi connectivity index (χ2v) is 8.31. The van der Waals surface area contributed by atoms with Crippen LogP contribution in [0.15, 0.2) is 88.7 Å². The summed E-state index contributed by atoms with van der Waals surface area (Å²) in [5.74, 6) is -0.990. The third-order valence-electron chi connectivity index (χ3n) is 5.07. The summed E-state index contributed by atoms with van der Waals surface area (Å²) in [6.07, 6.45) is 2.05. The molecule has 1 aliphatic rings. The lowest BCUT2D eigenvalue weighted by molar-refractivity contribution is -0.384. The molecule has 0 N–H and O–H groups in total. The second-order valence-electron chi connectivity index (χ2n) is 7.23. The third-order valence-corrected chi connectivity index (χ3v) is 6.20. The summed E-state index contributed by atoms with van der Waals surface area (Å²) in [7, 11) is 0. The molecular formula is C25H20N2O5S. The predicted octanol–water partition coefficient (Wildman–Crippen LogP) is 5.76. The molecule has 0 saturated heterocycles. The van der Waals surface area contributed by atoms with Crippen molar-refractivity contribution in [1.29, 1.82) is 0 Å². The molecule has 8 heteroatoms. The predicted molar refractivity (Wildman–Crippen MR) is 126 cm³/mol. The van der Waals surface area contributed by atoms with Crippen molar-refractivity contribution in [3.05, 3.63) is 94.6 Å². The Hall–Kier alpha value is -3.91. The Morgan fingerprint density at radius 2 is 1.58 bits per heavy atom. The number of fused-ring (bicyclic) bond motifs is 2. The number of benzene rings is 3. The molecular weight excluding hydrogens is 440 g/mol. The summed E-state index contributed by atoms with van der Waals surface area (Å²) in [5.41, 5.74) is 2.07. The van der Waals surface area contributed by atoms with Gasteiger partial charge in [0, 0.05) is 28.0 Å². The maximum Gasteiger partial charge on any atom is 0.331 e. The minimum Gasteiger partial charge on any atom is -0.449 e. The molecule has 0 aliphatic carbocycles. The molecule has 0 spiro atoms. The molecule has 3 aromatic rings. The molecule has 1 atom stereocenters. The van der Waals surface area contributed by atoms with E-state index in [1.165, 1.54) is 36.4 Å². The van der Waals surface area contributed by atoms with Crippen LogP contribution in [0.1, 0.15) is 18.9 Å². The van der Waals surface area contributed by atoms with Gasteiger partial charge in [-0.05, 0) is 54.5 Å². The summed E-state index contributed by atoms with van der Waals surface area (Å²) in [6, 6.07) is 21.0. The van der Waals surface area contributed by atoms with Crippen LogP contribution in [0.2, 0.25) is 0 Å². The van der Waals surface area contributed by atoms with Crippen molar-refractivity contribution in [3.63, 3.8) is 0 Å². The van der Waals surface area contributed by atoms with E-state index in [1.807, 2.05) is 48.5 Å². The summed E-state index contributed by atoms with van der Waals surface area (Å²) in [4.78, 5) is 39.7. The minimum absolute atomic E-state index is 0.0355. The number of anilines is 2. The fourth-order valence-electron chi connectivity index (χ4n) is 3.45. The van der Waals surface area contributed by atoms with E-state index in [4.69, 9.17) is 4.74 Å². The minimum atomic E-state index is -0.969. The number of non-ortho nitro benzene ring substituents is 1. The molecule has 0 fully saturated rings. The molecule has 1 amide bonds. The number of esters is 1. The highest BCUT2D eigenvalue weighted by Gasteiger charge is 2.33. The second kappa shape index (κ2) is 9.70. The lowest BCUT2D eigenvalue weighted by atomic mass is 10.1. The number of carbonyl (C=O) groups is 2. The van der Waals surface area contributed by atoms with Crippen LogP contribution >= 0.6 is 11.8 Å². The van der Waals surface area contributed by atoms with Gasteiger partial charge in [-0.15, -0.1) is 0 Å². The number of hydrogen-bond donors (Lipinski definition) is 0. The van der Waals surface area contributed by atoms with Gasteiger partial charge < -0.3 is 4.74 Å². The van der Waals surface area contributed by atoms with Crippen molar-refractivity contribution in [3.8, 4) is 0 Å². The maximum absolute atomic E-state index is 13.5. The zero-order valence-electron chi connectivity index (χ0n) is 17.7. The lowest BCUT2D eigenvalue weighted by Crippen LogP contribution is -2.39. The van der Waals surface area contributed by atoms with Crippen molar-refractivity contribution >= 4 is 46.8 Å². The van der Waals surface area contributed by atoms with Gasteiger partial charge in [-0.25, -0.2) is 4.79 Å². The number of amides is 1. The van der Waals surface area contributed by atoms with E-state index >= 15 is 0 Å². The van der Waals surface area contributed by atoms with Crippen LogP contribution in [-0.2, 0) is 14.3 Å². The van der Waals surface area contributed by atoms with E-state index in [9.17, 15) is 19.7 Å². The highest BCUT2D eigenvalue weighted by Crippen LogP contribution is 2.48. The van der Waals surface area contributed by atoms with Crippen LogP contribution in [0.5, 0.6) is 0 Å². The van der Waals surface area contributed by atoms with Gasteiger partial charge in [0.05, 0.1) is 16.3 Å². The molecule has 1 aliphatic heterocycles. The van der Waals surface area contributed by atoms with Crippen LogP contribution < -0.4 is 4.90 Å². The quantitative estimate of drug-likeness (QED) is 0.201. The van der Waals surface area contributed by atoms with E-state index < -0.39 is 17.0 Å². The average Bonchev–Trinajstić information content (AvgIpc) is 2.84. The van der Waals surface area contributed by atoms with Crippen LogP contribution in [-0.4, -0.2) is 22.9 Å². The molecule has 7 nitrogen and oxygen atoms in total. The monoisotopic (exact) mass is 460 g/mol. The van der Waals surface area contributed by atoms with Crippen LogP contribution in [0.25, 0.3) is 6.08 Å². The Morgan fingerprint density at radius 1 is 1.00 bits per heavy atom. The number of hydrogen-bond acceptors (Lipinski definition) is 6. The molecule has 0 saturated carbocycles. The van der Waals surface area contributed by atoms with Crippen LogP contribution in [0.4, 0.5) is 17.1 Å². The van der Waals surface area contributed by atoms with Gasteiger partial charge in [-0.1, -0.05) is 43.0 Å². The number of para-hydroxylation sites is 2. The molecule has 33 heavy (non-hydrogen) atoms. The Morgan fingerprint density at radius 3 is 2.12 bits per heavy atom. The topological polar surface area (TPSA) is 89.7 Å². The Labute approximate surface area is 194 Å². The normalized spacial score (nSPS) is 13.2. The van der Waals surface area contributed by atoms with Crippen molar-refractivity contribution < 1.29 is 19.2 Å². The van der Waals surface area contributed by atoms with E-state index in [-0.39, 0.29) is 11.6 Å². The fourth-order valence-corrected chi connectivity index (χ4v) is 4.50. The maximum atomic E-state index is 13.5. The van der Waals surface area contributed by atoms with E-state index in [2.05, 4.69) is 0 Å². The molecule has 4 rings (SSSR count). The number of ether oxygens (including phenoxy) is 1. The molecule has 3 aromatic carbocycles. The van der Waals surface area contributed by atoms with E-state index in [0.717, 1.165) is 21.2 Å². The Balaban J connectivity index is 1.53. The van der Waals surface area contributed by atoms with E-state index in [1.54, 1.807) is 23.6 Å². The van der Waals surface area contributed by atoms with Crippen molar-refractivity contribution in [2.45, 2.75) is 29.2 Å². The number of carbonyl (C=O) groups excluding carboxylic acids is 2. The molecule has 1 heterocycles. The summed E-state index contributed by atoms with van der Waals surface area (Å²) >= 11 is 1.59. The highest BCUT2D eigenvalue weighted by atomic mass is 32.2. The first-order valence-electron chi connectivity index (χ1n) is 10.3. The van der Waals surface area contributed by atoms with Gasteiger partial charge in [-0.2, -0.15) is 0 Å². The first-order chi connectivity index (χ1) is 16.0. The van der Waals surface area contributed by atoms with E-state index in [0.29, 0.717) is 12.0 Å². The Kier molecular flexibility index (Phi) is 6.55. The number of nitro groups is 1. The first-order valence-corrected chi connectivity index (χ1v) is 11.1. The summed E-state index contributed by atoms with van der Waals surface area (Å²) in [6.45, 7) is 1.78. The summed E-state index contributed by atoms with van der Waals surface area (Å²) in [5, 5.41) is 10.8. The van der Waals surface area contributed by atoms with Gasteiger partial charge in [0.1, 0.15) is 0 Å². The van der Waals surface area contributed by atoms with Crippen molar-refractivity contribution in [2.24, 2.45) is 0 Å². The number of rotatable bonds is 6. The molecule has 0 aromatic heterocycles. The van der Waals surface area contributed by atoms with Gasteiger partial charge in [0.15, 0.2) is 6.10 Å². The van der Waals surface area contributed by atoms with Gasteiger partial charge >= 0.3 is 5.97 Å². The third kappa shape index (κ3) is 4.80. The smallest absolute Gasteiger partial charge is 0.331 e. The number of nitro benzene ring substituents is 1. The standard InChI is InChI=1S/C25H20N2O5S/c1-2-21(32-24(28)16-13-17-11-14-18(15-12-17)27(30)31)25(29)26-19-7-3-5-9-22(19)33-23-10-6-4-8-20(23)26/h3-16,21H,2H2,1H3/b16-13+. The molecule has 0 bridgehead atoms. The lowest BCUT2D eigenvalue weighted by Gasteiger charge is -2.33. The highest BCUT2D eigenvalue weighted by molar-refractivity contribution is 7.99. The van der Waals surface area contributed by atoms with Crippen LogP contribution in [0.3, 0.4) is 0 Å². The fraction of sp³-hybridized carbons (Fsp3) is 0.120. The van der Waals surface area contributed by atoms with Gasteiger partial charge in [0.2, 0.25) is 0 Å². The first kappa shape index (κ1) is 22.3. The zero-order chi connectivity index (χ0) is 23.4. The molecule has 0 radical (unpaired) electrons. The largest absolute Gasteiger partial charge is 0.449 e. The van der Waals surface area contributed by atoms with Crippen molar-refractivity contribution in [1.82, 2.24) is 0 Å². The van der Waals surface area contributed by atoms with Crippen LogP contribution in [0, 0.1) is 10.1 Å². The summed E-state index contributed by atoms with van der Waals surface area (Å²) < 4.78 is 5.50. The average molecular weight is 461 g/mol. The molecule has 1 unspecified atom stereocenters. The number of nitrogens with zero attached hydrogens (tertiary/aromatic N) is 2. The zero-order valence-corrected chi connectivity index (χ0v) is 18.5. The van der Waals surface area contributed by atoms with Crippen molar-refractivity contribution in [2.75, 3.05) is 4.90 Å². The molecule has 166 valence electrons. The Bertz CT molecular complexity index is 1190. The SMILES string of the molecule is CCC(OC(=O)/C=C/c1ccc([N+](=O)[O-])cc1)C(=O)N1c2ccccc2Sc2ccccc21. The van der Waals surface area contributed by atoms with Gasteiger partial charge in [-0.3, -0.25) is 19.8 Å². The van der Waals surface area contributed by atoms with Gasteiger partial charge in [0.25, 0.3) is 11.6 Å².